The van der Waals surface area contributed by atoms with Gasteiger partial charge in [0.1, 0.15) is 0 Å². The molecule has 0 radical (unpaired) electrons. The van der Waals surface area contributed by atoms with Crippen LogP contribution in [0.4, 0.5) is 0 Å². The Morgan fingerprint density at radius 2 is 2.42 bits per heavy atom. The Morgan fingerprint density at radius 1 is 1.67 bits per heavy atom. The van der Waals surface area contributed by atoms with Crippen molar-refractivity contribution < 1.29 is 4.79 Å². The lowest BCUT2D eigenvalue weighted by Crippen LogP contribution is -2.31. The van der Waals surface area contributed by atoms with Crippen LogP contribution in [0.3, 0.4) is 0 Å². The van der Waals surface area contributed by atoms with Crippen LogP contribution in [0.25, 0.3) is 0 Å². The molecule has 2 heteroatoms. The molecule has 1 unspecified atom stereocenters. The van der Waals surface area contributed by atoms with Crippen molar-refractivity contribution in [3.8, 4) is 0 Å². The summed E-state index contributed by atoms with van der Waals surface area (Å²) >= 11 is 0. The second kappa shape index (κ2) is 4.41. The van der Waals surface area contributed by atoms with Crippen LogP contribution in [0, 0.1) is 0 Å². The van der Waals surface area contributed by atoms with E-state index >= 15 is 0 Å². The Kier molecular flexibility index (Phi) is 3.48. The molecule has 1 aliphatic heterocycles. The quantitative estimate of drug-likeness (QED) is 0.648. The Bertz CT molecular complexity index is 190. The van der Waals surface area contributed by atoms with E-state index in [9.17, 15) is 4.79 Å². The Balaban J connectivity index is 2.51. The van der Waals surface area contributed by atoms with Gasteiger partial charge in [-0.1, -0.05) is 13.0 Å². The lowest BCUT2D eigenvalue weighted by atomic mass is 10.0. The Hall–Kier alpha value is -0.630. The van der Waals surface area contributed by atoms with Gasteiger partial charge in [-0.25, -0.2) is 0 Å². The number of hydrogen-bond donors (Lipinski definition) is 1. The molecule has 0 aliphatic carbocycles. The van der Waals surface area contributed by atoms with Crippen molar-refractivity contribution in [3.05, 3.63) is 11.6 Å². The van der Waals surface area contributed by atoms with E-state index in [1.54, 1.807) is 0 Å². The summed E-state index contributed by atoms with van der Waals surface area (Å²) in [5.74, 6) is 0.286. The molecule has 1 N–H and O–H groups in total. The predicted octanol–water partition coefficient (Wildman–Crippen LogP) is 1.66. The molecule has 68 valence electrons. The molecule has 0 aromatic carbocycles. The summed E-state index contributed by atoms with van der Waals surface area (Å²) in [5, 5.41) is 3.21. The Labute approximate surface area is 74.0 Å². The molecule has 0 aromatic heterocycles. The van der Waals surface area contributed by atoms with Crippen LogP contribution >= 0.6 is 0 Å². The highest BCUT2D eigenvalue weighted by Crippen LogP contribution is 2.10. The van der Waals surface area contributed by atoms with Crippen molar-refractivity contribution in [2.45, 2.75) is 39.2 Å². The highest BCUT2D eigenvalue weighted by molar-refractivity contribution is 5.99. The topological polar surface area (TPSA) is 29.1 Å². The van der Waals surface area contributed by atoms with Crippen molar-refractivity contribution >= 4 is 5.78 Å². The van der Waals surface area contributed by atoms with E-state index in [1.165, 1.54) is 0 Å². The molecule has 1 saturated heterocycles. The number of Topliss-reactive ketones (excluding diaryl/α,β-unsaturated/α-hetero) is 1. The lowest BCUT2D eigenvalue weighted by Gasteiger charge is -2.08. The normalized spacial score (nSPS) is 24.5. The number of rotatable bonds is 3. The molecule has 1 fully saturated rings. The third-order valence-electron chi connectivity index (χ3n) is 2.28. The molecule has 1 heterocycles. The molecule has 0 saturated carbocycles. The summed E-state index contributed by atoms with van der Waals surface area (Å²) in [6.45, 7) is 4.96. The number of carbonyl (C=O) groups is 1. The van der Waals surface area contributed by atoms with E-state index in [1.807, 2.05) is 13.0 Å². The first-order chi connectivity index (χ1) is 5.75. The van der Waals surface area contributed by atoms with Crippen LogP contribution in [0.2, 0.25) is 0 Å². The van der Waals surface area contributed by atoms with Crippen molar-refractivity contribution in [1.82, 2.24) is 5.32 Å². The minimum atomic E-state index is 0.104. The standard InChI is InChI=1S/C10H17NO/c1-3-5-8(2)10(12)9-6-4-7-11-9/h5,9,11H,3-4,6-7H2,1-2H3/b8-5+. The number of nitrogens with one attached hydrogen (secondary N) is 1. The van der Waals surface area contributed by atoms with Crippen LogP contribution in [0.1, 0.15) is 33.1 Å². The highest BCUT2D eigenvalue weighted by atomic mass is 16.1. The van der Waals surface area contributed by atoms with Gasteiger partial charge in [0, 0.05) is 0 Å². The molecular formula is C10H17NO. The second-order valence-corrected chi connectivity index (χ2v) is 3.31. The average molecular weight is 167 g/mol. The molecular weight excluding hydrogens is 150 g/mol. The first-order valence-electron chi connectivity index (χ1n) is 4.70. The third kappa shape index (κ3) is 2.18. The maximum atomic E-state index is 11.6. The minimum absolute atomic E-state index is 0.104. The fraction of sp³-hybridized carbons (Fsp3) is 0.700. The first-order valence-corrected chi connectivity index (χ1v) is 4.70. The van der Waals surface area contributed by atoms with Gasteiger partial charge in [-0.3, -0.25) is 4.79 Å². The minimum Gasteiger partial charge on any atom is -0.307 e. The van der Waals surface area contributed by atoms with Crippen LogP contribution in [0.5, 0.6) is 0 Å². The summed E-state index contributed by atoms with van der Waals surface area (Å²) in [4.78, 5) is 11.6. The lowest BCUT2D eigenvalue weighted by molar-refractivity contribution is -0.117. The van der Waals surface area contributed by atoms with Crippen LogP contribution < -0.4 is 5.32 Å². The van der Waals surface area contributed by atoms with Gasteiger partial charge in [0.05, 0.1) is 6.04 Å². The van der Waals surface area contributed by atoms with Gasteiger partial charge < -0.3 is 5.32 Å². The monoisotopic (exact) mass is 167 g/mol. The summed E-state index contributed by atoms with van der Waals surface area (Å²) in [6, 6.07) is 0.104. The van der Waals surface area contributed by atoms with E-state index in [0.29, 0.717) is 0 Å². The largest absolute Gasteiger partial charge is 0.307 e. The summed E-state index contributed by atoms with van der Waals surface area (Å²) in [5.41, 5.74) is 0.914. The van der Waals surface area contributed by atoms with Crippen molar-refractivity contribution in [2.75, 3.05) is 6.54 Å². The van der Waals surface area contributed by atoms with Crippen LogP contribution in [-0.4, -0.2) is 18.4 Å². The molecule has 0 bridgehead atoms. The molecule has 2 nitrogen and oxygen atoms in total. The van der Waals surface area contributed by atoms with Gasteiger partial charge in [-0.05, 0) is 38.3 Å². The molecule has 12 heavy (non-hydrogen) atoms. The number of ketones is 1. The van der Waals surface area contributed by atoms with E-state index in [4.69, 9.17) is 0 Å². The number of allylic oxidation sites excluding steroid dienone is 1. The summed E-state index contributed by atoms with van der Waals surface area (Å²) in [6.07, 6.45) is 5.09. The Morgan fingerprint density at radius 3 is 2.92 bits per heavy atom. The molecule has 1 rings (SSSR count). The SMILES string of the molecule is CC/C=C(\C)C(=O)C1CCCN1. The summed E-state index contributed by atoms with van der Waals surface area (Å²) < 4.78 is 0. The fourth-order valence-corrected chi connectivity index (χ4v) is 1.59. The fourth-order valence-electron chi connectivity index (χ4n) is 1.59. The highest BCUT2D eigenvalue weighted by Gasteiger charge is 2.22. The first kappa shape index (κ1) is 9.46. The summed E-state index contributed by atoms with van der Waals surface area (Å²) in [7, 11) is 0. The number of carbonyl (C=O) groups excluding carboxylic acids is 1. The third-order valence-corrected chi connectivity index (χ3v) is 2.28. The van der Waals surface area contributed by atoms with Crippen molar-refractivity contribution in [1.29, 1.82) is 0 Å². The van der Waals surface area contributed by atoms with Crippen LogP contribution in [0.15, 0.2) is 11.6 Å². The molecule has 1 aliphatic rings. The van der Waals surface area contributed by atoms with Gasteiger partial charge >= 0.3 is 0 Å². The molecule has 0 spiro atoms. The van der Waals surface area contributed by atoms with E-state index in [2.05, 4.69) is 12.2 Å². The zero-order chi connectivity index (χ0) is 8.97. The van der Waals surface area contributed by atoms with Gasteiger partial charge in [0.25, 0.3) is 0 Å². The van der Waals surface area contributed by atoms with Crippen LogP contribution in [-0.2, 0) is 4.79 Å². The van der Waals surface area contributed by atoms with Gasteiger partial charge in [0.15, 0.2) is 5.78 Å². The average Bonchev–Trinajstić information content (AvgIpc) is 2.55. The molecule has 0 amide bonds. The number of hydrogen-bond acceptors (Lipinski definition) is 2. The second-order valence-electron chi connectivity index (χ2n) is 3.31. The van der Waals surface area contributed by atoms with Crippen molar-refractivity contribution in [3.63, 3.8) is 0 Å². The zero-order valence-corrected chi connectivity index (χ0v) is 7.89. The molecule has 0 aromatic rings. The van der Waals surface area contributed by atoms with Gasteiger partial charge in [0.2, 0.25) is 0 Å². The predicted molar refractivity (Wildman–Crippen MR) is 50.1 cm³/mol. The smallest absolute Gasteiger partial charge is 0.175 e. The maximum Gasteiger partial charge on any atom is 0.175 e. The van der Waals surface area contributed by atoms with E-state index in [0.717, 1.165) is 31.4 Å². The maximum absolute atomic E-state index is 11.6. The van der Waals surface area contributed by atoms with E-state index in [-0.39, 0.29) is 11.8 Å². The molecule has 1 atom stereocenters. The zero-order valence-electron chi connectivity index (χ0n) is 7.89. The van der Waals surface area contributed by atoms with Crippen molar-refractivity contribution in [2.24, 2.45) is 0 Å². The van der Waals surface area contributed by atoms with Gasteiger partial charge in [-0.15, -0.1) is 0 Å². The van der Waals surface area contributed by atoms with E-state index < -0.39 is 0 Å². The van der Waals surface area contributed by atoms with Gasteiger partial charge in [-0.2, -0.15) is 0 Å².